The molecule has 1 aliphatic heterocycles. The molecule has 0 bridgehead atoms. The highest BCUT2D eigenvalue weighted by molar-refractivity contribution is 6.30. The highest BCUT2D eigenvalue weighted by Gasteiger charge is 2.40. The van der Waals surface area contributed by atoms with Crippen molar-refractivity contribution >= 4 is 11.6 Å². The standard InChI is InChI=1S/C25H35ClO4/c1-3-4-5-6-7-11-23-22(19(2)16-24(23)27)12-13-25(29-14-15-30-25)18-28-21-10-8-9-20(26)17-21/h6-10,12-13,17,19,22-24,27H,3-5,11,14-16,18H2,1-2H3/b7-6-,13-12+/t19-,22+,23-,24+/m1/s1. The molecule has 0 spiro atoms. The number of ether oxygens (including phenoxy) is 3. The van der Waals surface area contributed by atoms with Gasteiger partial charge in [-0.1, -0.05) is 62.6 Å². The molecular weight excluding hydrogens is 400 g/mol. The average molecular weight is 435 g/mol. The van der Waals surface area contributed by atoms with E-state index in [1.807, 2.05) is 24.3 Å². The summed E-state index contributed by atoms with van der Waals surface area (Å²) in [6.45, 7) is 5.75. The summed E-state index contributed by atoms with van der Waals surface area (Å²) in [5.41, 5.74) is 0. The Kier molecular flexibility index (Phi) is 8.82. The Hall–Kier alpha value is -1.33. The molecule has 4 atom stereocenters. The number of rotatable bonds is 10. The third-order valence-corrected chi connectivity index (χ3v) is 6.38. The van der Waals surface area contributed by atoms with Crippen molar-refractivity contribution < 1.29 is 19.3 Å². The summed E-state index contributed by atoms with van der Waals surface area (Å²) in [7, 11) is 0. The van der Waals surface area contributed by atoms with E-state index in [-0.39, 0.29) is 24.5 Å². The third-order valence-electron chi connectivity index (χ3n) is 6.14. The highest BCUT2D eigenvalue weighted by Crippen LogP contribution is 2.41. The zero-order valence-corrected chi connectivity index (χ0v) is 18.9. The van der Waals surface area contributed by atoms with Gasteiger partial charge in [-0.15, -0.1) is 0 Å². The van der Waals surface area contributed by atoms with Crippen LogP contribution < -0.4 is 4.74 Å². The molecule has 1 aromatic carbocycles. The van der Waals surface area contributed by atoms with Crippen LogP contribution in [0.3, 0.4) is 0 Å². The van der Waals surface area contributed by atoms with Gasteiger partial charge < -0.3 is 19.3 Å². The molecule has 0 amide bonds. The van der Waals surface area contributed by atoms with E-state index in [0.717, 1.165) is 19.3 Å². The van der Waals surface area contributed by atoms with Crippen molar-refractivity contribution in [3.05, 3.63) is 53.6 Å². The van der Waals surface area contributed by atoms with Gasteiger partial charge in [-0.2, -0.15) is 0 Å². The fraction of sp³-hybridized carbons (Fsp3) is 0.600. The van der Waals surface area contributed by atoms with Crippen LogP contribution in [-0.4, -0.2) is 36.8 Å². The molecule has 1 saturated carbocycles. The van der Waals surface area contributed by atoms with E-state index >= 15 is 0 Å². The Labute approximate surface area is 185 Å². The van der Waals surface area contributed by atoms with Crippen molar-refractivity contribution in [2.75, 3.05) is 19.8 Å². The summed E-state index contributed by atoms with van der Waals surface area (Å²) < 4.78 is 17.8. The number of allylic oxidation sites excluding steroid dienone is 3. The van der Waals surface area contributed by atoms with Gasteiger partial charge in [0, 0.05) is 5.02 Å². The largest absolute Gasteiger partial charge is 0.488 e. The summed E-state index contributed by atoms with van der Waals surface area (Å²) in [4.78, 5) is 0. The molecule has 1 N–H and O–H groups in total. The Morgan fingerprint density at radius 2 is 2.07 bits per heavy atom. The molecule has 2 fully saturated rings. The molecular formula is C25H35ClO4. The van der Waals surface area contributed by atoms with E-state index in [1.165, 1.54) is 12.8 Å². The summed E-state index contributed by atoms with van der Waals surface area (Å²) in [5, 5.41) is 11.2. The van der Waals surface area contributed by atoms with Crippen LogP contribution in [0.15, 0.2) is 48.6 Å². The molecule has 0 unspecified atom stereocenters. The first kappa shape index (κ1) is 23.3. The molecule has 1 heterocycles. The molecule has 0 radical (unpaired) electrons. The van der Waals surface area contributed by atoms with Crippen LogP contribution in [0.4, 0.5) is 0 Å². The number of aliphatic hydroxyl groups is 1. The number of aliphatic hydroxyl groups excluding tert-OH is 1. The summed E-state index contributed by atoms with van der Waals surface area (Å²) >= 11 is 6.05. The normalized spacial score (nSPS) is 28.7. The van der Waals surface area contributed by atoms with Crippen molar-refractivity contribution in [3.63, 3.8) is 0 Å². The minimum absolute atomic E-state index is 0.224. The molecule has 5 heteroatoms. The summed E-state index contributed by atoms with van der Waals surface area (Å²) in [6.07, 6.45) is 13.7. The van der Waals surface area contributed by atoms with E-state index in [0.29, 0.717) is 29.9 Å². The fourth-order valence-corrected chi connectivity index (χ4v) is 4.61. The van der Waals surface area contributed by atoms with E-state index in [1.54, 1.807) is 6.07 Å². The maximum absolute atomic E-state index is 10.6. The molecule has 1 aromatic rings. The van der Waals surface area contributed by atoms with Gasteiger partial charge in [0.05, 0.1) is 19.3 Å². The maximum atomic E-state index is 10.6. The second-order valence-electron chi connectivity index (χ2n) is 8.48. The van der Waals surface area contributed by atoms with Crippen LogP contribution in [0, 0.1) is 17.8 Å². The quantitative estimate of drug-likeness (QED) is 0.374. The highest BCUT2D eigenvalue weighted by atomic mass is 35.5. The molecule has 3 rings (SSSR count). The fourth-order valence-electron chi connectivity index (χ4n) is 4.43. The van der Waals surface area contributed by atoms with Crippen LogP contribution in [0.5, 0.6) is 5.75 Å². The van der Waals surface area contributed by atoms with Gasteiger partial charge in [0.15, 0.2) is 0 Å². The Morgan fingerprint density at radius 3 is 2.80 bits per heavy atom. The lowest BCUT2D eigenvalue weighted by Crippen LogP contribution is -2.35. The van der Waals surface area contributed by atoms with Crippen molar-refractivity contribution in [3.8, 4) is 5.75 Å². The lowest BCUT2D eigenvalue weighted by Gasteiger charge is -2.26. The first-order valence-corrected chi connectivity index (χ1v) is 11.6. The van der Waals surface area contributed by atoms with Gasteiger partial charge in [0.25, 0.3) is 0 Å². The van der Waals surface area contributed by atoms with Crippen LogP contribution in [0.2, 0.25) is 5.02 Å². The minimum atomic E-state index is -0.892. The summed E-state index contributed by atoms with van der Waals surface area (Å²) in [6, 6.07) is 7.33. The lowest BCUT2D eigenvalue weighted by atomic mass is 9.86. The van der Waals surface area contributed by atoms with Gasteiger partial charge in [0.2, 0.25) is 5.79 Å². The maximum Gasteiger partial charge on any atom is 0.223 e. The molecule has 2 aliphatic rings. The van der Waals surface area contributed by atoms with Gasteiger partial charge >= 0.3 is 0 Å². The van der Waals surface area contributed by atoms with E-state index in [9.17, 15) is 5.11 Å². The smallest absolute Gasteiger partial charge is 0.223 e. The number of hydrogen-bond acceptors (Lipinski definition) is 4. The van der Waals surface area contributed by atoms with E-state index < -0.39 is 5.79 Å². The van der Waals surface area contributed by atoms with Crippen LogP contribution in [0.25, 0.3) is 0 Å². The second kappa shape index (κ2) is 11.3. The predicted octanol–water partition coefficient (Wildman–Crippen LogP) is 5.79. The van der Waals surface area contributed by atoms with Crippen molar-refractivity contribution in [2.24, 2.45) is 17.8 Å². The molecule has 1 saturated heterocycles. The number of unbranched alkanes of at least 4 members (excludes halogenated alkanes) is 2. The molecule has 4 nitrogen and oxygen atoms in total. The Bertz CT molecular complexity index is 711. The average Bonchev–Trinajstić information content (AvgIpc) is 3.29. The van der Waals surface area contributed by atoms with E-state index in [2.05, 4.69) is 32.1 Å². The van der Waals surface area contributed by atoms with Crippen LogP contribution in [-0.2, 0) is 9.47 Å². The first-order chi connectivity index (χ1) is 14.5. The number of benzene rings is 1. The second-order valence-corrected chi connectivity index (χ2v) is 8.92. The predicted molar refractivity (Wildman–Crippen MR) is 121 cm³/mol. The van der Waals surface area contributed by atoms with Gasteiger partial charge in [-0.05, 0) is 61.3 Å². The molecule has 1 aliphatic carbocycles. The molecule has 0 aromatic heterocycles. The third kappa shape index (κ3) is 6.34. The van der Waals surface area contributed by atoms with Gasteiger partial charge in [0.1, 0.15) is 12.4 Å². The topological polar surface area (TPSA) is 47.9 Å². The first-order valence-electron chi connectivity index (χ1n) is 11.2. The van der Waals surface area contributed by atoms with Gasteiger partial charge in [-0.25, -0.2) is 0 Å². The van der Waals surface area contributed by atoms with E-state index in [4.69, 9.17) is 25.8 Å². The molecule has 30 heavy (non-hydrogen) atoms. The lowest BCUT2D eigenvalue weighted by molar-refractivity contribution is -0.139. The van der Waals surface area contributed by atoms with Crippen LogP contribution in [0.1, 0.15) is 46.0 Å². The van der Waals surface area contributed by atoms with Crippen LogP contribution >= 0.6 is 11.6 Å². The Morgan fingerprint density at radius 1 is 1.27 bits per heavy atom. The number of halogens is 1. The van der Waals surface area contributed by atoms with Gasteiger partial charge in [-0.3, -0.25) is 0 Å². The summed E-state index contributed by atoms with van der Waals surface area (Å²) in [5.74, 6) is 0.719. The Balaban J connectivity index is 1.65. The SMILES string of the molecule is CCCC/C=C\C[C@@H]1[C@@H](/C=C/C2(COc3cccc(Cl)c3)OCCO2)[C@H](C)C[C@@H]1O. The zero-order chi connectivity index (χ0) is 21.4. The van der Waals surface area contributed by atoms with Crippen molar-refractivity contribution in [2.45, 2.75) is 57.8 Å². The van der Waals surface area contributed by atoms with Crippen molar-refractivity contribution in [1.29, 1.82) is 0 Å². The minimum Gasteiger partial charge on any atom is -0.488 e. The molecule has 166 valence electrons. The monoisotopic (exact) mass is 434 g/mol. The zero-order valence-electron chi connectivity index (χ0n) is 18.1. The number of hydrogen-bond donors (Lipinski definition) is 1. The van der Waals surface area contributed by atoms with Crippen molar-refractivity contribution in [1.82, 2.24) is 0 Å².